The van der Waals surface area contributed by atoms with Crippen molar-refractivity contribution in [2.75, 3.05) is 21.3 Å². The summed E-state index contributed by atoms with van der Waals surface area (Å²) in [5, 5.41) is 0. The Balaban J connectivity index is 0.00000289. The zero-order chi connectivity index (χ0) is 13.1. The average molecular weight is 288 g/mol. The van der Waals surface area contributed by atoms with E-state index in [1.165, 1.54) is 33.5 Å². The molecule has 1 aromatic carbocycles. The Morgan fingerprint density at radius 1 is 1.00 bits per heavy atom. The second kappa shape index (κ2) is 7.76. The van der Waals surface area contributed by atoms with E-state index < -0.39 is 12.4 Å². The van der Waals surface area contributed by atoms with Gasteiger partial charge in [-0.15, -0.1) is 0 Å². The van der Waals surface area contributed by atoms with Gasteiger partial charge in [-0.2, -0.15) is 0 Å². The molecular formula is C10H13BF3KO3. The number of hydrogen-bond donors (Lipinski definition) is 0. The number of rotatable bonds is 5. The Kier molecular flexibility index (Phi) is 7.88. The van der Waals surface area contributed by atoms with Gasteiger partial charge < -0.3 is 27.2 Å². The van der Waals surface area contributed by atoms with Crippen molar-refractivity contribution in [3.63, 3.8) is 0 Å². The third-order valence-corrected chi connectivity index (χ3v) is 2.24. The molecule has 0 atom stereocenters. The summed E-state index contributed by atoms with van der Waals surface area (Å²) < 4.78 is 53.0. The zero-order valence-electron chi connectivity index (χ0n) is 10.8. The smallest absolute Gasteiger partial charge is 0.500 e. The van der Waals surface area contributed by atoms with Crippen LogP contribution in [0, 0.1) is 0 Å². The van der Waals surface area contributed by atoms with Gasteiger partial charge in [-0.3, -0.25) is 0 Å². The molecule has 0 aliphatic rings. The van der Waals surface area contributed by atoms with E-state index in [1.807, 2.05) is 0 Å². The summed E-state index contributed by atoms with van der Waals surface area (Å²) >= 11 is 0. The van der Waals surface area contributed by atoms with Crippen LogP contribution in [0.5, 0.6) is 11.5 Å². The molecule has 1 rings (SSSR count). The van der Waals surface area contributed by atoms with Gasteiger partial charge in [0, 0.05) is 7.11 Å². The average Bonchev–Trinajstić information content (AvgIpc) is 2.26. The number of benzene rings is 1. The molecule has 0 aliphatic heterocycles. The molecule has 0 saturated heterocycles. The molecule has 18 heavy (non-hydrogen) atoms. The van der Waals surface area contributed by atoms with Gasteiger partial charge >= 0.3 is 58.4 Å². The quantitative estimate of drug-likeness (QED) is 0.644. The Labute approximate surface area is 146 Å². The second-order valence-corrected chi connectivity index (χ2v) is 3.42. The van der Waals surface area contributed by atoms with Gasteiger partial charge in [-0.05, 0) is 23.2 Å². The molecule has 0 N–H and O–H groups in total. The Morgan fingerprint density at radius 3 is 1.72 bits per heavy atom. The molecule has 0 saturated carbocycles. The van der Waals surface area contributed by atoms with E-state index in [2.05, 4.69) is 0 Å². The molecule has 0 bridgehead atoms. The molecule has 0 aliphatic carbocycles. The molecule has 0 heterocycles. The van der Waals surface area contributed by atoms with Gasteiger partial charge in [-0.25, -0.2) is 0 Å². The maximum absolute atomic E-state index is 12.9. The van der Waals surface area contributed by atoms with Gasteiger partial charge in [0.15, 0.2) is 0 Å². The largest absolute Gasteiger partial charge is 1.00 e. The van der Waals surface area contributed by atoms with E-state index in [9.17, 15) is 12.9 Å². The fourth-order valence-electron chi connectivity index (χ4n) is 1.57. The monoisotopic (exact) mass is 288 g/mol. The molecule has 0 aromatic heterocycles. The summed E-state index contributed by atoms with van der Waals surface area (Å²) in [5.74, 6) is -0.493. The van der Waals surface area contributed by atoms with Gasteiger partial charge in [0.1, 0.15) is 0 Å². The van der Waals surface area contributed by atoms with Gasteiger partial charge in [0.25, 0.3) is 0 Å². The predicted molar refractivity (Wildman–Crippen MR) is 59.0 cm³/mol. The topological polar surface area (TPSA) is 27.7 Å². The van der Waals surface area contributed by atoms with Crippen molar-refractivity contribution in [1.29, 1.82) is 0 Å². The number of ether oxygens (including phenoxy) is 3. The molecule has 0 spiro atoms. The van der Waals surface area contributed by atoms with E-state index in [1.54, 1.807) is 0 Å². The van der Waals surface area contributed by atoms with Crippen LogP contribution in [0.2, 0.25) is 0 Å². The number of hydrogen-bond acceptors (Lipinski definition) is 3. The van der Waals surface area contributed by atoms with Gasteiger partial charge in [0.05, 0.1) is 32.3 Å². The van der Waals surface area contributed by atoms with Crippen molar-refractivity contribution >= 4 is 12.4 Å². The van der Waals surface area contributed by atoms with E-state index in [-0.39, 0.29) is 69.5 Å². The van der Waals surface area contributed by atoms with Crippen LogP contribution < -0.4 is 66.3 Å². The Morgan fingerprint density at radius 2 is 1.44 bits per heavy atom. The minimum absolute atomic E-state index is 0. The Bertz CT molecular complexity index is 373. The Hall–Kier alpha value is 0.271. The summed E-state index contributed by atoms with van der Waals surface area (Å²) in [5.41, 5.74) is -0.292. The number of halogens is 3. The summed E-state index contributed by atoms with van der Waals surface area (Å²) in [6.45, 7) is -5.00. The maximum Gasteiger partial charge on any atom is 1.00 e. The fraction of sp³-hybridized carbons (Fsp3) is 0.400. The molecule has 1 aromatic rings. The van der Waals surface area contributed by atoms with Crippen LogP contribution in [-0.4, -0.2) is 28.3 Å². The normalized spacial score (nSPS) is 10.8. The molecule has 0 unspecified atom stereocenters. The minimum atomic E-state index is -5.19. The van der Waals surface area contributed by atoms with Crippen LogP contribution in [0.1, 0.15) is 5.56 Å². The van der Waals surface area contributed by atoms with E-state index in [0.717, 1.165) is 0 Å². The van der Waals surface area contributed by atoms with Crippen LogP contribution >= 0.6 is 0 Å². The summed E-state index contributed by atoms with van der Waals surface area (Å²) in [7, 11) is 3.84. The third-order valence-electron chi connectivity index (χ3n) is 2.24. The van der Waals surface area contributed by atoms with Crippen LogP contribution in [0.15, 0.2) is 12.1 Å². The van der Waals surface area contributed by atoms with Crippen LogP contribution in [-0.2, 0) is 11.3 Å². The van der Waals surface area contributed by atoms with Crippen molar-refractivity contribution in [1.82, 2.24) is 0 Å². The zero-order valence-corrected chi connectivity index (χ0v) is 13.9. The molecule has 8 heteroatoms. The van der Waals surface area contributed by atoms with Crippen molar-refractivity contribution in [2.24, 2.45) is 0 Å². The van der Waals surface area contributed by atoms with Crippen molar-refractivity contribution in [3.05, 3.63) is 17.7 Å². The van der Waals surface area contributed by atoms with Crippen LogP contribution in [0.4, 0.5) is 12.9 Å². The molecule has 0 amide bonds. The minimum Gasteiger partial charge on any atom is -0.500 e. The van der Waals surface area contributed by atoms with Crippen LogP contribution in [0.3, 0.4) is 0 Å². The summed E-state index contributed by atoms with van der Waals surface area (Å²) in [6.07, 6.45) is 0. The summed E-state index contributed by atoms with van der Waals surface area (Å²) in [6, 6.07) is 2.60. The number of methoxy groups -OCH3 is 3. The fourth-order valence-corrected chi connectivity index (χ4v) is 1.57. The van der Waals surface area contributed by atoms with Crippen molar-refractivity contribution < 1.29 is 78.5 Å². The molecular weight excluding hydrogens is 275 g/mol. The second-order valence-electron chi connectivity index (χ2n) is 3.42. The van der Waals surface area contributed by atoms with Crippen molar-refractivity contribution in [3.8, 4) is 11.5 Å². The van der Waals surface area contributed by atoms with E-state index in [0.29, 0.717) is 5.56 Å². The molecule has 0 radical (unpaired) electrons. The molecule has 96 valence electrons. The van der Waals surface area contributed by atoms with E-state index >= 15 is 0 Å². The first-order valence-electron chi connectivity index (χ1n) is 4.87. The first-order valence-corrected chi connectivity index (χ1v) is 4.87. The maximum atomic E-state index is 12.9. The SMILES string of the molecule is COCc1cc(OC)c([B-](F)(F)F)c(OC)c1.[K+]. The first-order chi connectivity index (χ1) is 7.93. The summed E-state index contributed by atoms with van der Waals surface area (Å²) in [4.78, 5) is 0. The van der Waals surface area contributed by atoms with Gasteiger partial charge in [0.2, 0.25) is 0 Å². The van der Waals surface area contributed by atoms with Crippen LogP contribution in [0.25, 0.3) is 0 Å². The molecule has 3 nitrogen and oxygen atoms in total. The third kappa shape index (κ3) is 4.43. The standard InChI is InChI=1S/C10H13BF3O3.K/c1-15-6-7-4-8(16-2)10(11(12,13)14)9(5-7)17-3;/h4-5H,6H2,1-3H3;/q-1;+1. The molecule has 0 fully saturated rings. The van der Waals surface area contributed by atoms with Gasteiger partial charge in [-0.1, -0.05) is 0 Å². The predicted octanol–water partition coefficient (Wildman–Crippen LogP) is -1.09. The first kappa shape index (κ1) is 18.3. The van der Waals surface area contributed by atoms with Crippen molar-refractivity contribution in [2.45, 2.75) is 6.61 Å². The van der Waals surface area contributed by atoms with E-state index in [4.69, 9.17) is 14.2 Å².